The summed E-state index contributed by atoms with van der Waals surface area (Å²) in [7, 11) is 1.50. The molecule has 3 aromatic carbocycles. The molecule has 4 rings (SSSR count). The van der Waals surface area contributed by atoms with Crippen LogP contribution < -0.4 is 19.3 Å². The summed E-state index contributed by atoms with van der Waals surface area (Å²) in [6.07, 6.45) is 0.555. The molecule has 0 aliphatic rings. The van der Waals surface area contributed by atoms with Gasteiger partial charge in [0.1, 0.15) is 17.4 Å². The van der Waals surface area contributed by atoms with Gasteiger partial charge in [-0.1, -0.05) is 29.8 Å². The Morgan fingerprint density at radius 1 is 1.09 bits per heavy atom. The zero-order valence-corrected chi connectivity index (χ0v) is 24.7. The Bertz CT molecular complexity index is 1730. The molecule has 1 N–H and O–H groups in total. The second-order valence-corrected chi connectivity index (χ2v) is 9.89. The van der Waals surface area contributed by atoms with Gasteiger partial charge in [-0.3, -0.25) is 18.1 Å². The molecule has 1 atom stereocenters. The summed E-state index contributed by atoms with van der Waals surface area (Å²) in [5.41, 5.74) is 1.47. The van der Waals surface area contributed by atoms with Crippen molar-refractivity contribution in [3.8, 4) is 5.75 Å². The first kappa shape index (κ1) is 31.2. The number of carbonyl (C=O) groups excluding carboxylic acids is 2. The van der Waals surface area contributed by atoms with Crippen LogP contribution in [0.5, 0.6) is 5.75 Å². The number of hydrogen-bond donors (Lipinski definition) is 1. The summed E-state index contributed by atoms with van der Waals surface area (Å²) in [4.78, 5) is 36.8. The van der Waals surface area contributed by atoms with Crippen molar-refractivity contribution in [2.45, 2.75) is 19.8 Å². The van der Waals surface area contributed by atoms with Crippen molar-refractivity contribution in [1.82, 2.24) is 14.9 Å². The van der Waals surface area contributed by atoms with Crippen LogP contribution in [-0.2, 0) is 20.8 Å². The van der Waals surface area contributed by atoms with Crippen molar-refractivity contribution in [3.63, 3.8) is 0 Å². The average Bonchev–Trinajstić information content (AvgIpc) is 3.00. The van der Waals surface area contributed by atoms with Gasteiger partial charge in [-0.05, 0) is 55.8 Å². The highest BCUT2D eigenvalue weighted by Gasteiger charge is 2.22. The standard InChI is InChI=1S/C28H26ClN7O6S/c1-3-42-25(37)12-7-15-30-35-34-28(38)18-8-6-9-19(16-18)36(43(39)40)27-26(31-22-10-4-5-11-23(22)33-27)32-24-17-20(41-2)13-14-21(24)29/h4-6,8-11,13-14,16-17H,3,7,12,15H2,1-2H3,(H-,31,32,39,40). The molecule has 1 amide bonds. The van der Waals surface area contributed by atoms with Gasteiger partial charge in [-0.2, -0.15) is 0 Å². The van der Waals surface area contributed by atoms with Gasteiger partial charge < -0.3 is 19.3 Å². The number of aromatic nitrogens is 2. The molecule has 15 heteroatoms. The fraction of sp³-hybridized carbons (Fsp3) is 0.214. The quantitative estimate of drug-likeness (QED) is 0.0710. The van der Waals surface area contributed by atoms with Crippen molar-refractivity contribution >= 4 is 68.8 Å². The number of rotatable bonds is 12. The molecule has 0 saturated carbocycles. The zero-order chi connectivity index (χ0) is 30.8. The van der Waals surface area contributed by atoms with Crippen LogP contribution >= 0.6 is 11.6 Å². The third-order valence-electron chi connectivity index (χ3n) is 5.79. The molecule has 4 aromatic rings. The molecule has 43 heavy (non-hydrogen) atoms. The number of hydrogen-bond acceptors (Lipinski definition) is 10. The number of nitrogens with zero attached hydrogens (tertiary/aromatic N) is 6. The topological polar surface area (TPSA) is 173 Å². The predicted octanol–water partition coefficient (Wildman–Crippen LogP) is 5.42. The van der Waals surface area contributed by atoms with Crippen LogP contribution in [0.25, 0.3) is 11.0 Å². The van der Waals surface area contributed by atoms with E-state index in [0.717, 1.165) is 4.31 Å². The van der Waals surface area contributed by atoms with E-state index in [1.165, 1.54) is 31.4 Å². The van der Waals surface area contributed by atoms with E-state index >= 15 is 0 Å². The Morgan fingerprint density at radius 3 is 2.58 bits per heavy atom. The first-order chi connectivity index (χ1) is 20.8. The van der Waals surface area contributed by atoms with E-state index in [9.17, 15) is 18.4 Å². The lowest BCUT2D eigenvalue weighted by molar-refractivity contribution is -0.143. The van der Waals surface area contributed by atoms with Crippen molar-refractivity contribution in [2.75, 3.05) is 29.9 Å². The Morgan fingerprint density at radius 2 is 1.86 bits per heavy atom. The monoisotopic (exact) mass is 623 g/mol. The minimum absolute atomic E-state index is 0.0533. The van der Waals surface area contributed by atoms with Crippen LogP contribution in [0.1, 0.15) is 30.1 Å². The molecule has 0 bridgehead atoms. The SMILES string of the molecule is CCOC(=O)CCCN=[N+]=NC(=O)c1cccc(N(c2nc3ccccc3nc2Nc2cc(OC)ccc2Cl)S(=O)[O-])c1. The number of para-hydroxylation sites is 2. The number of ether oxygens (including phenoxy) is 2. The lowest BCUT2D eigenvalue weighted by atomic mass is 10.2. The van der Waals surface area contributed by atoms with Gasteiger partial charge in [0.2, 0.25) is 10.0 Å². The van der Waals surface area contributed by atoms with Gasteiger partial charge in [0.25, 0.3) is 0 Å². The van der Waals surface area contributed by atoms with Crippen LogP contribution in [-0.4, -0.2) is 50.9 Å². The Hall–Kier alpha value is -4.75. The Balaban J connectivity index is 1.66. The van der Waals surface area contributed by atoms with Crippen LogP contribution in [0.3, 0.4) is 0 Å². The molecule has 13 nitrogen and oxygen atoms in total. The lowest BCUT2D eigenvalue weighted by Gasteiger charge is -2.27. The minimum Gasteiger partial charge on any atom is -0.755 e. The van der Waals surface area contributed by atoms with E-state index in [1.807, 2.05) is 0 Å². The van der Waals surface area contributed by atoms with E-state index < -0.39 is 17.2 Å². The first-order valence-electron chi connectivity index (χ1n) is 12.9. The molecule has 1 heterocycles. The largest absolute Gasteiger partial charge is 0.755 e. The van der Waals surface area contributed by atoms with Crippen molar-refractivity contribution in [1.29, 1.82) is 0 Å². The zero-order valence-electron chi connectivity index (χ0n) is 23.1. The molecule has 1 unspecified atom stereocenters. The third kappa shape index (κ3) is 8.17. The average molecular weight is 624 g/mol. The number of amides is 1. The number of anilines is 4. The fourth-order valence-electron chi connectivity index (χ4n) is 3.82. The van der Waals surface area contributed by atoms with Crippen LogP contribution in [0, 0.1) is 0 Å². The van der Waals surface area contributed by atoms with Crippen molar-refractivity contribution < 1.29 is 27.8 Å². The molecule has 0 fully saturated rings. The molecule has 1 aromatic heterocycles. The third-order valence-corrected chi connectivity index (χ3v) is 6.80. The summed E-state index contributed by atoms with van der Waals surface area (Å²) in [5.74, 6) is -0.579. The minimum atomic E-state index is -2.90. The number of esters is 1. The highest BCUT2D eigenvalue weighted by molar-refractivity contribution is 7.81. The summed E-state index contributed by atoms with van der Waals surface area (Å²) in [5, 5.41) is 10.7. The van der Waals surface area contributed by atoms with Crippen LogP contribution in [0.4, 0.5) is 23.0 Å². The van der Waals surface area contributed by atoms with E-state index in [-0.39, 0.29) is 41.8 Å². The number of halogens is 1. The second-order valence-electron chi connectivity index (χ2n) is 8.69. The van der Waals surface area contributed by atoms with Crippen LogP contribution in [0.2, 0.25) is 5.02 Å². The summed E-state index contributed by atoms with van der Waals surface area (Å²) in [6, 6.07) is 17.6. The Labute approximate surface area is 254 Å². The lowest BCUT2D eigenvalue weighted by Crippen LogP contribution is -2.22. The van der Waals surface area contributed by atoms with Crippen LogP contribution in [0.15, 0.2) is 77.0 Å². The maximum absolute atomic E-state index is 12.7. The van der Waals surface area contributed by atoms with E-state index in [4.69, 9.17) is 21.1 Å². The summed E-state index contributed by atoms with van der Waals surface area (Å²) < 4.78 is 36.3. The van der Waals surface area contributed by atoms with Gasteiger partial charge in [0, 0.05) is 12.5 Å². The number of benzene rings is 3. The van der Waals surface area contributed by atoms with E-state index in [2.05, 4.69) is 30.4 Å². The maximum Gasteiger partial charge on any atom is 0.360 e. The number of carbonyl (C=O) groups is 2. The van der Waals surface area contributed by atoms with Gasteiger partial charge in [-0.25, -0.2) is 9.97 Å². The summed E-state index contributed by atoms with van der Waals surface area (Å²) in [6.45, 7) is 2.18. The Kier molecular flexibility index (Phi) is 10.8. The maximum atomic E-state index is 12.7. The number of fused-ring (bicyclic) bond motifs is 1. The second kappa shape index (κ2) is 14.9. The highest BCUT2D eigenvalue weighted by Crippen LogP contribution is 2.36. The number of methoxy groups -OCH3 is 1. The van der Waals surface area contributed by atoms with Crippen molar-refractivity contribution in [3.05, 3.63) is 77.3 Å². The molecule has 0 aliphatic heterocycles. The van der Waals surface area contributed by atoms with Crippen molar-refractivity contribution in [2.24, 2.45) is 10.2 Å². The highest BCUT2D eigenvalue weighted by atomic mass is 35.5. The van der Waals surface area contributed by atoms with Gasteiger partial charge in [0.15, 0.2) is 11.6 Å². The molecule has 222 valence electrons. The smallest absolute Gasteiger partial charge is 0.360 e. The molecular formula is C28H26ClN7O6S. The van der Waals surface area contributed by atoms with Gasteiger partial charge >= 0.3 is 11.9 Å². The van der Waals surface area contributed by atoms with E-state index in [0.29, 0.717) is 40.5 Å². The molecule has 0 radical (unpaired) electrons. The molecular weight excluding hydrogens is 598 g/mol. The molecule has 0 aliphatic carbocycles. The number of nitrogens with one attached hydrogen (secondary N) is 1. The molecule has 0 saturated heterocycles. The van der Waals surface area contributed by atoms with E-state index in [1.54, 1.807) is 49.4 Å². The van der Waals surface area contributed by atoms with Gasteiger partial charge in [0.05, 0.1) is 58.0 Å². The molecule has 0 spiro atoms. The fourth-order valence-corrected chi connectivity index (χ4v) is 4.54. The summed E-state index contributed by atoms with van der Waals surface area (Å²) >= 11 is 3.50. The normalized spacial score (nSPS) is 11.3. The van der Waals surface area contributed by atoms with Gasteiger partial charge in [-0.15, -0.1) is 0 Å². The predicted molar refractivity (Wildman–Crippen MR) is 160 cm³/mol. The first-order valence-corrected chi connectivity index (χ1v) is 14.4.